The van der Waals surface area contributed by atoms with Crippen LogP contribution in [-0.4, -0.2) is 16.0 Å². The predicted octanol–water partition coefficient (Wildman–Crippen LogP) is 3.61. The summed E-state index contributed by atoms with van der Waals surface area (Å²) < 4.78 is 0. The summed E-state index contributed by atoms with van der Waals surface area (Å²) in [5.41, 5.74) is 1.04. The minimum atomic E-state index is 0.345. The van der Waals surface area contributed by atoms with Crippen molar-refractivity contribution in [3.63, 3.8) is 0 Å². The zero-order valence-electron chi connectivity index (χ0n) is 9.83. The number of hydrogen-bond acceptors (Lipinski definition) is 3. The molecular formula is C12H18ClN3. The van der Waals surface area contributed by atoms with E-state index in [9.17, 15) is 0 Å². The first-order valence-corrected chi connectivity index (χ1v) is 6.33. The second-order valence-electron chi connectivity index (χ2n) is 4.71. The van der Waals surface area contributed by atoms with Crippen molar-refractivity contribution in [2.24, 2.45) is 0 Å². The Morgan fingerprint density at radius 1 is 1.31 bits per heavy atom. The lowest BCUT2D eigenvalue weighted by Gasteiger charge is -2.18. The Kier molecular flexibility index (Phi) is 3.64. The van der Waals surface area contributed by atoms with Crippen molar-refractivity contribution < 1.29 is 0 Å². The molecule has 0 unspecified atom stereocenters. The highest BCUT2D eigenvalue weighted by Crippen LogP contribution is 2.30. The number of hydrogen-bond donors (Lipinski definition) is 1. The lowest BCUT2D eigenvalue weighted by molar-refractivity contribution is 0.740. The van der Waals surface area contributed by atoms with Gasteiger partial charge in [-0.2, -0.15) is 0 Å². The number of aromatic nitrogens is 2. The average Bonchev–Trinajstić information content (AvgIpc) is 2.70. The Balaban J connectivity index is 2.21. The maximum absolute atomic E-state index is 6.12. The van der Waals surface area contributed by atoms with Crippen LogP contribution in [0.4, 0.5) is 5.82 Å². The first kappa shape index (κ1) is 11.6. The average molecular weight is 240 g/mol. The lowest BCUT2D eigenvalue weighted by Crippen LogP contribution is -2.17. The van der Waals surface area contributed by atoms with Crippen LogP contribution < -0.4 is 5.32 Å². The van der Waals surface area contributed by atoms with E-state index in [2.05, 4.69) is 29.1 Å². The van der Waals surface area contributed by atoms with Gasteiger partial charge in [-0.25, -0.2) is 9.97 Å². The van der Waals surface area contributed by atoms with Gasteiger partial charge in [0.05, 0.1) is 0 Å². The third kappa shape index (κ3) is 2.46. The Morgan fingerprint density at radius 3 is 2.62 bits per heavy atom. The summed E-state index contributed by atoms with van der Waals surface area (Å²) in [6.07, 6.45) is 6.63. The minimum absolute atomic E-state index is 0.345. The largest absolute Gasteiger partial charge is 0.367 e. The Bertz CT molecular complexity index is 359. The first-order chi connectivity index (χ1) is 7.68. The molecule has 0 bridgehead atoms. The Hall–Kier alpha value is -0.830. The minimum Gasteiger partial charge on any atom is -0.367 e. The molecule has 1 aliphatic rings. The molecule has 1 fully saturated rings. The van der Waals surface area contributed by atoms with Gasteiger partial charge in [0.2, 0.25) is 0 Å². The van der Waals surface area contributed by atoms with Crippen molar-refractivity contribution >= 4 is 17.4 Å². The van der Waals surface area contributed by atoms with Crippen LogP contribution in [0.3, 0.4) is 0 Å². The molecule has 0 spiro atoms. The summed E-state index contributed by atoms with van der Waals surface area (Å²) in [5.74, 6) is 1.26. The van der Waals surface area contributed by atoms with Gasteiger partial charge in [0.25, 0.3) is 0 Å². The number of anilines is 1. The fourth-order valence-electron chi connectivity index (χ4n) is 2.26. The standard InChI is InChI=1S/C12H18ClN3/c1-8(2)10-11(13)14-7-15-12(10)16-9-5-3-4-6-9/h7-9H,3-6H2,1-2H3,(H,14,15,16). The van der Waals surface area contributed by atoms with Crippen LogP contribution in [0.5, 0.6) is 0 Å². The van der Waals surface area contributed by atoms with E-state index >= 15 is 0 Å². The number of nitrogens with one attached hydrogen (secondary N) is 1. The fraction of sp³-hybridized carbons (Fsp3) is 0.667. The quantitative estimate of drug-likeness (QED) is 0.819. The van der Waals surface area contributed by atoms with E-state index in [1.807, 2.05) is 0 Å². The summed E-state index contributed by atoms with van der Waals surface area (Å²) in [7, 11) is 0. The topological polar surface area (TPSA) is 37.8 Å². The van der Waals surface area contributed by atoms with Crippen LogP contribution >= 0.6 is 11.6 Å². The third-order valence-corrected chi connectivity index (χ3v) is 3.41. The highest BCUT2D eigenvalue weighted by atomic mass is 35.5. The normalized spacial score (nSPS) is 17.0. The highest BCUT2D eigenvalue weighted by molar-refractivity contribution is 6.30. The molecule has 88 valence electrons. The molecule has 0 radical (unpaired) electrons. The van der Waals surface area contributed by atoms with E-state index in [-0.39, 0.29) is 0 Å². The molecule has 1 N–H and O–H groups in total. The van der Waals surface area contributed by atoms with Crippen LogP contribution in [0.25, 0.3) is 0 Å². The van der Waals surface area contributed by atoms with Crippen molar-refractivity contribution in [1.29, 1.82) is 0 Å². The molecule has 0 atom stereocenters. The number of rotatable bonds is 3. The summed E-state index contributed by atoms with van der Waals surface area (Å²) in [4.78, 5) is 8.37. The zero-order valence-corrected chi connectivity index (χ0v) is 10.6. The molecule has 0 saturated heterocycles. The van der Waals surface area contributed by atoms with E-state index in [4.69, 9.17) is 11.6 Å². The Morgan fingerprint density at radius 2 is 2.00 bits per heavy atom. The lowest BCUT2D eigenvalue weighted by atomic mass is 10.1. The van der Waals surface area contributed by atoms with Gasteiger partial charge in [0.1, 0.15) is 17.3 Å². The molecule has 16 heavy (non-hydrogen) atoms. The molecule has 1 aromatic heterocycles. The van der Waals surface area contributed by atoms with E-state index in [1.165, 1.54) is 32.0 Å². The van der Waals surface area contributed by atoms with Gasteiger partial charge in [-0.05, 0) is 18.8 Å². The van der Waals surface area contributed by atoms with E-state index in [0.29, 0.717) is 17.1 Å². The molecule has 0 aliphatic heterocycles. The van der Waals surface area contributed by atoms with Gasteiger partial charge in [-0.1, -0.05) is 38.3 Å². The molecule has 0 amide bonds. The molecule has 1 aliphatic carbocycles. The van der Waals surface area contributed by atoms with Crippen LogP contribution in [0, 0.1) is 0 Å². The Labute approximate surface area is 102 Å². The van der Waals surface area contributed by atoms with E-state index in [0.717, 1.165) is 11.4 Å². The highest BCUT2D eigenvalue weighted by Gasteiger charge is 2.19. The van der Waals surface area contributed by atoms with Crippen LogP contribution in [-0.2, 0) is 0 Å². The van der Waals surface area contributed by atoms with Gasteiger partial charge in [0, 0.05) is 11.6 Å². The van der Waals surface area contributed by atoms with Crippen molar-refractivity contribution in [3.05, 3.63) is 17.0 Å². The fourth-order valence-corrected chi connectivity index (χ4v) is 2.62. The number of halogens is 1. The SMILES string of the molecule is CC(C)c1c(Cl)ncnc1NC1CCCC1. The van der Waals surface area contributed by atoms with Gasteiger partial charge in [0.15, 0.2) is 0 Å². The molecule has 1 saturated carbocycles. The van der Waals surface area contributed by atoms with E-state index < -0.39 is 0 Å². The maximum atomic E-state index is 6.12. The van der Waals surface area contributed by atoms with Gasteiger partial charge in [-0.3, -0.25) is 0 Å². The van der Waals surface area contributed by atoms with E-state index in [1.54, 1.807) is 0 Å². The third-order valence-electron chi connectivity index (χ3n) is 3.11. The van der Waals surface area contributed by atoms with Crippen molar-refractivity contribution in [2.45, 2.75) is 51.5 Å². The predicted molar refractivity (Wildman–Crippen MR) is 67.0 cm³/mol. The molecule has 1 heterocycles. The van der Waals surface area contributed by atoms with Gasteiger partial charge >= 0.3 is 0 Å². The second kappa shape index (κ2) is 5.00. The molecular weight excluding hydrogens is 222 g/mol. The molecule has 3 nitrogen and oxygen atoms in total. The molecule has 1 aromatic rings. The summed E-state index contributed by atoms with van der Waals surface area (Å²) >= 11 is 6.12. The number of nitrogens with zero attached hydrogens (tertiary/aromatic N) is 2. The monoisotopic (exact) mass is 239 g/mol. The van der Waals surface area contributed by atoms with Crippen LogP contribution in [0.1, 0.15) is 51.0 Å². The smallest absolute Gasteiger partial charge is 0.138 e. The van der Waals surface area contributed by atoms with Gasteiger partial charge in [-0.15, -0.1) is 0 Å². The van der Waals surface area contributed by atoms with Crippen LogP contribution in [0.2, 0.25) is 5.15 Å². The summed E-state index contributed by atoms with van der Waals surface area (Å²) in [5, 5.41) is 4.07. The van der Waals surface area contributed by atoms with Crippen molar-refractivity contribution in [3.8, 4) is 0 Å². The van der Waals surface area contributed by atoms with Crippen LogP contribution in [0.15, 0.2) is 6.33 Å². The zero-order chi connectivity index (χ0) is 11.5. The molecule has 4 heteroatoms. The summed E-state index contributed by atoms with van der Waals surface area (Å²) in [6.45, 7) is 4.23. The molecule has 0 aromatic carbocycles. The van der Waals surface area contributed by atoms with Crippen molar-refractivity contribution in [2.75, 3.05) is 5.32 Å². The van der Waals surface area contributed by atoms with Crippen molar-refractivity contribution in [1.82, 2.24) is 9.97 Å². The molecule has 2 rings (SSSR count). The maximum Gasteiger partial charge on any atom is 0.138 e. The summed E-state index contributed by atoms with van der Waals surface area (Å²) in [6, 6.07) is 0.559. The van der Waals surface area contributed by atoms with Gasteiger partial charge < -0.3 is 5.32 Å². The second-order valence-corrected chi connectivity index (χ2v) is 5.07. The first-order valence-electron chi connectivity index (χ1n) is 5.95.